The molecule has 29 heavy (non-hydrogen) atoms. The number of anilines is 1. The van der Waals surface area contributed by atoms with Gasteiger partial charge < -0.3 is 4.90 Å². The van der Waals surface area contributed by atoms with Crippen molar-refractivity contribution in [1.29, 1.82) is 0 Å². The predicted molar refractivity (Wildman–Crippen MR) is 112 cm³/mol. The Morgan fingerprint density at radius 2 is 1.69 bits per heavy atom. The van der Waals surface area contributed by atoms with Crippen LogP contribution in [-0.4, -0.2) is 61.7 Å². The fourth-order valence-corrected chi connectivity index (χ4v) is 5.90. The first-order valence-corrected chi connectivity index (χ1v) is 12.0. The number of rotatable bonds is 5. The highest BCUT2D eigenvalue weighted by Gasteiger charge is 2.39. The van der Waals surface area contributed by atoms with Crippen molar-refractivity contribution < 1.29 is 18.0 Å². The monoisotopic (exact) mass is 421 g/mol. The normalized spacial score (nSPS) is 19.9. The Morgan fingerprint density at radius 3 is 2.24 bits per heavy atom. The van der Waals surface area contributed by atoms with Gasteiger partial charge in [-0.1, -0.05) is 26.7 Å². The van der Waals surface area contributed by atoms with Crippen molar-refractivity contribution in [3.05, 3.63) is 23.8 Å². The van der Waals surface area contributed by atoms with E-state index in [1.54, 1.807) is 18.2 Å². The van der Waals surface area contributed by atoms with Crippen LogP contribution in [0, 0.1) is 0 Å². The molecule has 0 aromatic heterocycles. The molecular weight excluding hydrogens is 390 g/mol. The summed E-state index contributed by atoms with van der Waals surface area (Å²) in [6.07, 6.45) is 4.57. The second-order valence-electron chi connectivity index (χ2n) is 7.73. The van der Waals surface area contributed by atoms with Gasteiger partial charge >= 0.3 is 0 Å². The van der Waals surface area contributed by atoms with Gasteiger partial charge in [0.05, 0.1) is 4.90 Å². The van der Waals surface area contributed by atoms with Crippen LogP contribution in [0.5, 0.6) is 0 Å². The summed E-state index contributed by atoms with van der Waals surface area (Å²) < 4.78 is 27.2. The third-order valence-corrected chi connectivity index (χ3v) is 7.97. The van der Waals surface area contributed by atoms with Crippen molar-refractivity contribution in [2.45, 2.75) is 63.8 Å². The number of sulfonamides is 1. The van der Waals surface area contributed by atoms with Gasteiger partial charge in [-0.2, -0.15) is 4.31 Å². The first-order valence-electron chi connectivity index (χ1n) is 10.5. The molecule has 0 saturated carbocycles. The molecule has 2 aliphatic heterocycles. The van der Waals surface area contributed by atoms with Crippen LogP contribution in [0.2, 0.25) is 0 Å². The van der Waals surface area contributed by atoms with E-state index in [9.17, 15) is 18.0 Å². The summed E-state index contributed by atoms with van der Waals surface area (Å²) in [6.45, 7) is 7.30. The third-order valence-electron chi connectivity index (χ3n) is 5.92. The summed E-state index contributed by atoms with van der Waals surface area (Å²) in [5.41, 5.74) is 1.38. The van der Waals surface area contributed by atoms with Crippen molar-refractivity contribution in [3.8, 4) is 0 Å². The number of amides is 2. The lowest BCUT2D eigenvalue weighted by molar-refractivity contribution is -0.134. The van der Waals surface area contributed by atoms with E-state index in [-0.39, 0.29) is 16.7 Å². The molecule has 0 bridgehead atoms. The zero-order valence-electron chi connectivity index (χ0n) is 17.6. The zero-order valence-corrected chi connectivity index (χ0v) is 18.4. The molecule has 8 heteroatoms. The molecule has 1 atom stereocenters. The third kappa shape index (κ3) is 4.19. The van der Waals surface area contributed by atoms with E-state index < -0.39 is 16.1 Å². The van der Waals surface area contributed by atoms with Crippen LogP contribution >= 0.6 is 0 Å². The first-order chi connectivity index (χ1) is 13.8. The zero-order chi connectivity index (χ0) is 21.2. The van der Waals surface area contributed by atoms with Crippen LogP contribution in [0.15, 0.2) is 23.1 Å². The van der Waals surface area contributed by atoms with E-state index in [4.69, 9.17) is 0 Å². The van der Waals surface area contributed by atoms with Crippen molar-refractivity contribution >= 4 is 27.5 Å². The molecule has 2 amide bonds. The minimum atomic E-state index is -3.59. The highest BCUT2D eigenvalue weighted by atomic mass is 32.2. The summed E-state index contributed by atoms with van der Waals surface area (Å²) >= 11 is 0. The molecule has 0 N–H and O–H groups in total. The SMILES string of the molecule is CCN(CC)S(=O)(=O)c1ccc2c(c1)C[C@@H](C(=O)N1CCCCCC1)N2C(C)=O. The van der Waals surface area contributed by atoms with Gasteiger partial charge in [-0.05, 0) is 36.6 Å². The van der Waals surface area contributed by atoms with Crippen LogP contribution in [0.3, 0.4) is 0 Å². The Morgan fingerprint density at radius 1 is 1.07 bits per heavy atom. The topological polar surface area (TPSA) is 78.0 Å². The largest absolute Gasteiger partial charge is 0.341 e. The number of carbonyl (C=O) groups excluding carboxylic acids is 2. The van der Waals surface area contributed by atoms with E-state index in [0.717, 1.165) is 44.3 Å². The fraction of sp³-hybridized carbons (Fsp3) is 0.619. The van der Waals surface area contributed by atoms with Crippen molar-refractivity contribution in [2.24, 2.45) is 0 Å². The van der Waals surface area contributed by atoms with E-state index in [1.807, 2.05) is 18.7 Å². The number of hydrogen-bond acceptors (Lipinski definition) is 4. The Bertz CT molecular complexity index is 872. The van der Waals surface area contributed by atoms with Crippen molar-refractivity contribution in [3.63, 3.8) is 0 Å². The molecule has 1 fully saturated rings. The number of benzene rings is 1. The maximum absolute atomic E-state index is 13.2. The maximum Gasteiger partial charge on any atom is 0.246 e. The average molecular weight is 422 g/mol. The fourth-order valence-electron chi connectivity index (χ4n) is 4.39. The molecule has 0 aliphatic carbocycles. The van der Waals surface area contributed by atoms with E-state index >= 15 is 0 Å². The molecule has 0 unspecified atom stereocenters. The standard InChI is InChI=1S/C21H31N3O4S/c1-4-23(5-2)29(27,28)18-10-11-19-17(14-18)15-20(24(19)16(3)25)21(26)22-12-8-6-7-9-13-22/h10-11,14,20H,4-9,12-13,15H2,1-3H3/t20-/m0/s1. The van der Waals surface area contributed by atoms with Gasteiger partial charge in [-0.25, -0.2) is 8.42 Å². The van der Waals surface area contributed by atoms with Gasteiger partial charge in [0.25, 0.3) is 0 Å². The lowest BCUT2D eigenvalue weighted by atomic mass is 10.1. The first kappa shape index (κ1) is 21.8. The van der Waals surface area contributed by atoms with E-state index in [0.29, 0.717) is 25.2 Å². The van der Waals surface area contributed by atoms with Crippen LogP contribution < -0.4 is 4.90 Å². The lowest BCUT2D eigenvalue weighted by Gasteiger charge is -2.29. The highest BCUT2D eigenvalue weighted by Crippen LogP contribution is 2.35. The molecule has 0 spiro atoms. The maximum atomic E-state index is 13.2. The lowest BCUT2D eigenvalue weighted by Crippen LogP contribution is -2.49. The summed E-state index contributed by atoms with van der Waals surface area (Å²) in [5.74, 6) is -0.234. The molecular formula is C21H31N3O4S. The summed E-state index contributed by atoms with van der Waals surface area (Å²) in [6, 6.07) is 4.26. The molecule has 1 saturated heterocycles. The number of fused-ring (bicyclic) bond motifs is 1. The van der Waals surface area contributed by atoms with E-state index in [2.05, 4.69) is 0 Å². The van der Waals surface area contributed by atoms with Gasteiger partial charge in [0, 0.05) is 45.2 Å². The Labute approximate surface area is 173 Å². The second-order valence-corrected chi connectivity index (χ2v) is 9.67. The van der Waals surface area contributed by atoms with Gasteiger partial charge in [-0.15, -0.1) is 0 Å². The number of hydrogen-bond donors (Lipinski definition) is 0. The summed E-state index contributed by atoms with van der Waals surface area (Å²) in [5, 5.41) is 0. The molecule has 1 aromatic rings. The van der Waals surface area contributed by atoms with Crippen LogP contribution in [-0.2, 0) is 26.0 Å². The van der Waals surface area contributed by atoms with Crippen LogP contribution in [0.25, 0.3) is 0 Å². The van der Waals surface area contributed by atoms with Crippen LogP contribution in [0.1, 0.15) is 52.0 Å². The molecule has 0 radical (unpaired) electrons. The van der Waals surface area contributed by atoms with Gasteiger partial charge in [0.1, 0.15) is 6.04 Å². The summed E-state index contributed by atoms with van der Waals surface area (Å²) in [4.78, 5) is 29.2. The Balaban J connectivity index is 1.92. The molecule has 3 rings (SSSR count). The molecule has 160 valence electrons. The smallest absolute Gasteiger partial charge is 0.246 e. The highest BCUT2D eigenvalue weighted by molar-refractivity contribution is 7.89. The quantitative estimate of drug-likeness (QED) is 0.731. The number of likely N-dealkylation sites (tertiary alicyclic amines) is 1. The summed E-state index contributed by atoms with van der Waals surface area (Å²) in [7, 11) is -3.59. The van der Waals surface area contributed by atoms with Crippen molar-refractivity contribution in [2.75, 3.05) is 31.1 Å². The van der Waals surface area contributed by atoms with Gasteiger partial charge in [0.15, 0.2) is 0 Å². The molecule has 2 aliphatic rings. The van der Waals surface area contributed by atoms with Crippen molar-refractivity contribution in [1.82, 2.24) is 9.21 Å². The molecule has 2 heterocycles. The van der Waals surface area contributed by atoms with Gasteiger partial charge in [-0.3, -0.25) is 14.5 Å². The Kier molecular flexibility index (Phi) is 6.63. The van der Waals surface area contributed by atoms with Crippen LogP contribution in [0.4, 0.5) is 5.69 Å². The van der Waals surface area contributed by atoms with E-state index in [1.165, 1.54) is 16.1 Å². The second kappa shape index (κ2) is 8.83. The molecule has 7 nitrogen and oxygen atoms in total. The molecule has 1 aromatic carbocycles. The minimum absolute atomic E-state index is 0.0357. The Hall–Kier alpha value is -1.93. The number of nitrogens with zero attached hydrogens (tertiary/aromatic N) is 3. The van der Waals surface area contributed by atoms with Gasteiger partial charge in [0.2, 0.25) is 21.8 Å². The average Bonchev–Trinajstić information content (AvgIpc) is 2.86. The predicted octanol–water partition coefficient (Wildman–Crippen LogP) is 2.40. The minimum Gasteiger partial charge on any atom is -0.341 e. The number of carbonyl (C=O) groups is 2.